The summed E-state index contributed by atoms with van der Waals surface area (Å²) in [7, 11) is 0. The minimum atomic E-state index is -0.823. The highest BCUT2D eigenvalue weighted by Crippen LogP contribution is 2.45. The minimum absolute atomic E-state index is 0.0639. The number of benzene rings is 4. The van der Waals surface area contributed by atoms with Crippen LogP contribution in [0.25, 0.3) is 11.1 Å². The van der Waals surface area contributed by atoms with E-state index >= 15 is 0 Å². The lowest BCUT2D eigenvalue weighted by molar-refractivity contribution is -0.147. The molecule has 4 aromatic carbocycles. The maximum absolute atomic E-state index is 14.4. The molecule has 2 heterocycles. The van der Waals surface area contributed by atoms with Gasteiger partial charge in [0.05, 0.1) is 30.9 Å². The van der Waals surface area contributed by atoms with Crippen LogP contribution in [0.2, 0.25) is 0 Å². The molecule has 10 heteroatoms. The van der Waals surface area contributed by atoms with Crippen LogP contribution in [0, 0.1) is 5.92 Å². The fraction of sp³-hybridized carbons (Fsp3) is 0.378. The van der Waals surface area contributed by atoms with Crippen LogP contribution >= 0.6 is 0 Å². The number of hydrogen-bond donors (Lipinski definition) is 3. The summed E-state index contributed by atoms with van der Waals surface area (Å²) in [6.07, 6.45) is 3.04. The molecule has 7 rings (SSSR count). The van der Waals surface area contributed by atoms with Gasteiger partial charge in [0, 0.05) is 24.7 Å². The Kier molecular flexibility index (Phi) is 11.7. The predicted molar refractivity (Wildman–Crippen MR) is 211 cm³/mol. The molecule has 0 saturated heterocycles. The molecule has 0 bridgehead atoms. The van der Waals surface area contributed by atoms with Gasteiger partial charge in [0.25, 0.3) is 0 Å². The quantitative estimate of drug-likeness (QED) is 0.128. The van der Waals surface area contributed by atoms with Crippen LogP contribution in [0.5, 0.6) is 0 Å². The molecule has 5 N–H and O–H groups in total. The number of aryl methyl sites for hydroxylation is 2. The van der Waals surface area contributed by atoms with E-state index in [0.29, 0.717) is 32.4 Å². The van der Waals surface area contributed by atoms with Crippen molar-refractivity contribution in [3.05, 3.63) is 124 Å². The molecule has 55 heavy (non-hydrogen) atoms. The first-order valence-corrected chi connectivity index (χ1v) is 19.5. The number of esters is 1. The fourth-order valence-electron chi connectivity index (χ4n) is 8.42. The van der Waals surface area contributed by atoms with Crippen LogP contribution in [0.4, 0.5) is 5.69 Å². The second kappa shape index (κ2) is 17.0. The van der Waals surface area contributed by atoms with Crippen molar-refractivity contribution in [3.63, 3.8) is 0 Å². The first-order valence-electron chi connectivity index (χ1n) is 19.5. The zero-order valence-electron chi connectivity index (χ0n) is 31.4. The first-order chi connectivity index (χ1) is 26.7. The fourth-order valence-corrected chi connectivity index (χ4v) is 8.42. The summed E-state index contributed by atoms with van der Waals surface area (Å²) in [5.41, 5.74) is 20.6. The second-order valence-corrected chi connectivity index (χ2v) is 15.0. The minimum Gasteiger partial charge on any atom is -0.465 e. The number of nitrogens with two attached hydrogens (primary N) is 2. The molecule has 3 amide bonds. The first kappa shape index (κ1) is 38.0. The zero-order chi connectivity index (χ0) is 38.5. The number of primary amides is 1. The molecular formula is C45H50N4O6. The van der Waals surface area contributed by atoms with Crippen LogP contribution in [0.3, 0.4) is 0 Å². The van der Waals surface area contributed by atoms with Gasteiger partial charge >= 0.3 is 5.97 Å². The number of carbonyl (C=O) groups excluding carboxylic acids is 4. The van der Waals surface area contributed by atoms with Crippen LogP contribution in [0.1, 0.15) is 78.3 Å². The highest BCUT2D eigenvalue weighted by atomic mass is 16.5. The van der Waals surface area contributed by atoms with Crippen molar-refractivity contribution in [1.29, 1.82) is 0 Å². The average Bonchev–Trinajstić information content (AvgIpc) is 3.71. The van der Waals surface area contributed by atoms with Crippen molar-refractivity contribution >= 4 is 29.4 Å². The van der Waals surface area contributed by atoms with E-state index in [-0.39, 0.29) is 43.6 Å². The molecule has 286 valence electrons. The van der Waals surface area contributed by atoms with E-state index < -0.39 is 36.0 Å². The lowest BCUT2D eigenvalue weighted by atomic mass is 9.95. The number of nitrogens with zero attached hydrogens (tertiary/aromatic N) is 1. The van der Waals surface area contributed by atoms with E-state index in [1.165, 1.54) is 5.56 Å². The maximum atomic E-state index is 14.4. The van der Waals surface area contributed by atoms with Crippen molar-refractivity contribution in [2.24, 2.45) is 17.4 Å². The van der Waals surface area contributed by atoms with E-state index in [1.807, 2.05) is 61.5 Å². The van der Waals surface area contributed by atoms with Crippen LogP contribution in [-0.2, 0) is 54.5 Å². The van der Waals surface area contributed by atoms with E-state index in [4.69, 9.17) is 20.9 Å². The molecule has 0 aromatic heterocycles. The van der Waals surface area contributed by atoms with Gasteiger partial charge in [-0.15, -0.1) is 0 Å². The summed E-state index contributed by atoms with van der Waals surface area (Å²) in [6.45, 7) is 3.01. The van der Waals surface area contributed by atoms with Crippen molar-refractivity contribution < 1.29 is 28.7 Å². The monoisotopic (exact) mass is 742 g/mol. The summed E-state index contributed by atoms with van der Waals surface area (Å²) < 4.78 is 12.2. The third kappa shape index (κ3) is 8.35. The number of para-hydroxylation sites is 1. The number of amides is 3. The van der Waals surface area contributed by atoms with Gasteiger partial charge in [0.15, 0.2) is 0 Å². The molecule has 3 aliphatic rings. The number of fused-ring (bicyclic) bond motifs is 3. The largest absolute Gasteiger partial charge is 0.465 e. The number of hydrogen-bond acceptors (Lipinski definition) is 7. The second-order valence-electron chi connectivity index (χ2n) is 15.0. The number of nitrogens with one attached hydrogen (secondary N) is 1. The molecule has 4 atom stereocenters. The molecule has 4 aromatic rings. The van der Waals surface area contributed by atoms with Gasteiger partial charge in [0.1, 0.15) is 12.6 Å². The predicted octanol–water partition coefficient (Wildman–Crippen LogP) is 5.50. The van der Waals surface area contributed by atoms with Crippen LogP contribution < -0.4 is 21.7 Å². The zero-order valence-corrected chi connectivity index (χ0v) is 31.4. The van der Waals surface area contributed by atoms with Crippen molar-refractivity contribution in [3.8, 4) is 11.1 Å². The standard InChI is InChI=1S/C45H50N4O6/c1-28(54-26-30-17-15-29(16-18-30)8-7-23-46)39(21-22-41(47)50)48-44(52)40-24-32-10-6-9-31-19-20-33(45(53)49(40)43(31)32)25-42(51)55-27-38-36-13-4-2-11-34(36)35-12-3-5-14-37(35)38/h2-6,9-18,28,33,38-40H,7-8,19-27,46H2,1H3,(H2,47,50)(H,48,52)/t28-,33-,39+,40+/m1/s1. The van der Waals surface area contributed by atoms with Crippen molar-refractivity contribution in [1.82, 2.24) is 5.32 Å². The Labute approximate surface area is 322 Å². The molecule has 0 spiro atoms. The Morgan fingerprint density at radius 3 is 2.25 bits per heavy atom. The summed E-state index contributed by atoms with van der Waals surface area (Å²) >= 11 is 0. The molecule has 2 aliphatic heterocycles. The Morgan fingerprint density at radius 2 is 1.56 bits per heavy atom. The Balaban J connectivity index is 1.02. The van der Waals surface area contributed by atoms with Crippen LogP contribution in [-0.4, -0.2) is 55.0 Å². The molecule has 0 radical (unpaired) electrons. The number of anilines is 1. The molecule has 0 saturated carbocycles. The summed E-state index contributed by atoms with van der Waals surface area (Å²) in [5, 5.41) is 3.12. The van der Waals surface area contributed by atoms with Gasteiger partial charge in [-0.3, -0.25) is 24.1 Å². The number of rotatable bonds is 16. The molecule has 0 fully saturated rings. The number of carbonyl (C=O) groups is 4. The van der Waals surface area contributed by atoms with E-state index in [0.717, 1.165) is 57.5 Å². The van der Waals surface area contributed by atoms with Gasteiger partial charge in [-0.25, -0.2) is 0 Å². The third-order valence-corrected chi connectivity index (χ3v) is 11.4. The summed E-state index contributed by atoms with van der Waals surface area (Å²) in [6, 6.07) is 29.1. The number of ether oxygens (including phenoxy) is 2. The Hall–Kier alpha value is -5.32. The Bertz CT molecular complexity index is 2000. The smallest absolute Gasteiger partial charge is 0.306 e. The van der Waals surface area contributed by atoms with E-state index in [2.05, 4.69) is 41.7 Å². The van der Waals surface area contributed by atoms with Crippen molar-refractivity contribution in [2.75, 3.05) is 18.1 Å². The normalized spacial score (nSPS) is 18.1. The lowest BCUT2D eigenvalue weighted by Gasteiger charge is -2.31. The maximum Gasteiger partial charge on any atom is 0.306 e. The van der Waals surface area contributed by atoms with Gasteiger partial charge < -0.3 is 26.3 Å². The topological polar surface area (TPSA) is 154 Å². The summed E-state index contributed by atoms with van der Waals surface area (Å²) in [5.74, 6) is -2.25. The molecule has 0 unspecified atom stereocenters. The van der Waals surface area contributed by atoms with Gasteiger partial charge in [0.2, 0.25) is 17.7 Å². The van der Waals surface area contributed by atoms with E-state index in [9.17, 15) is 19.2 Å². The van der Waals surface area contributed by atoms with E-state index in [1.54, 1.807) is 4.90 Å². The summed E-state index contributed by atoms with van der Waals surface area (Å²) in [4.78, 5) is 55.6. The van der Waals surface area contributed by atoms with Crippen molar-refractivity contribution in [2.45, 2.75) is 89.0 Å². The Morgan fingerprint density at radius 1 is 0.891 bits per heavy atom. The lowest BCUT2D eigenvalue weighted by Crippen LogP contribution is -2.54. The van der Waals surface area contributed by atoms with Gasteiger partial charge in [-0.1, -0.05) is 91.0 Å². The third-order valence-electron chi connectivity index (χ3n) is 11.4. The molecule has 10 nitrogen and oxygen atoms in total. The van der Waals surface area contributed by atoms with Crippen LogP contribution in [0.15, 0.2) is 91.0 Å². The SMILES string of the molecule is C[C@@H](OCc1ccc(CCCN)cc1)[C@H](CCC(N)=O)NC(=O)[C@@H]1Cc2cccc3c2N1C(=O)[C@@H](CC(=O)OCC1c2ccccc2-c2ccccc21)CC3. The van der Waals surface area contributed by atoms with Gasteiger partial charge in [-0.2, -0.15) is 0 Å². The highest BCUT2D eigenvalue weighted by Gasteiger charge is 2.45. The highest BCUT2D eigenvalue weighted by molar-refractivity contribution is 6.06. The molecule has 1 aliphatic carbocycles. The van der Waals surface area contributed by atoms with Gasteiger partial charge in [-0.05, 0) is 90.1 Å². The molecular weight excluding hydrogens is 693 g/mol. The average molecular weight is 743 g/mol.